The Labute approximate surface area is 200 Å². The number of aromatic nitrogens is 2. The van der Waals surface area contributed by atoms with Crippen LogP contribution in [0.15, 0.2) is 18.2 Å². The number of hydrogen-bond donors (Lipinski definition) is 2. The van der Waals surface area contributed by atoms with Crippen molar-refractivity contribution >= 4 is 29.3 Å². The number of aryl methyl sites for hydroxylation is 1. The molecule has 5 rings (SSSR count). The Balaban J connectivity index is 1.39. The second-order valence-electron chi connectivity index (χ2n) is 9.38. The number of Topliss-reactive ketones (excluding diaryl/α,β-unsaturated/α-hetero) is 1. The quantitative estimate of drug-likeness (QED) is 0.603. The van der Waals surface area contributed by atoms with Crippen molar-refractivity contribution in [3.63, 3.8) is 0 Å². The monoisotopic (exact) mass is 464 g/mol. The second-order valence-corrected chi connectivity index (χ2v) is 9.38. The zero-order valence-electron chi connectivity index (χ0n) is 19.8. The first-order chi connectivity index (χ1) is 16.5. The highest BCUT2D eigenvalue weighted by Gasteiger charge is 2.30. The summed E-state index contributed by atoms with van der Waals surface area (Å²) in [5, 5.41) is 11.4. The number of carbonyl (C=O) groups is 1. The van der Waals surface area contributed by atoms with E-state index in [4.69, 9.17) is 14.9 Å². The number of piperidine rings is 1. The molecular weight excluding hydrogens is 432 g/mol. The fourth-order valence-electron chi connectivity index (χ4n) is 5.12. The van der Waals surface area contributed by atoms with E-state index in [0.29, 0.717) is 43.1 Å². The molecule has 1 aromatic heterocycles. The number of rotatable bonds is 7. The van der Waals surface area contributed by atoms with Crippen molar-refractivity contribution in [2.24, 2.45) is 0 Å². The van der Waals surface area contributed by atoms with Gasteiger partial charge in [0.1, 0.15) is 11.6 Å². The van der Waals surface area contributed by atoms with E-state index >= 15 is 0 Å². The van der Waals surface area contributed by atoms with Gasteiger partial charge in [-0.2, -0.15) is 9.97 Å². The molecule has 0 bridgehead atoms. The van der Waals surface area contributed by atoms with Gasteiger partial charge in [0.15, 0.2) is 5.78 Å². The summed E-state index contributed by atoms with van der Waals surface area (Å²) in [6.07, 6.45) is 4.14. The van der Waals surface area contributed by atoms with Crippen molar-refractivity contribution in [2.75, 3.05) is 56.7 Å². The van der Waals surface area contributed by atoms with Crippen molar-refractivity contribution < 1.29 is 14.3 Å². The number of hydrogen-bond acceptors (Lipinski definition) is 9. The number of carbonyl (C=O) groups excluding carboxylic acids is 1. The van der Waals surface area contributed by atoms with Crippen molar-refractivity contribution in [2.45, 2.75) is 38.1 Å². The van der Waals surface area contributed by atoms with Crippen LogP contribution in [0.4, 0.5) is 17.3 Å². The van der Waals surface area contributed by atoms with Gasteiger partial charge in [-0.15, -0.1) is 0 Å². The van der Waals surface area contributed by atoms with Crippen molar-refractivity contribution in [3.8, 4) is 6.01 Å². The second kappa shape index (κ2) is 9.68. The number of ketones is 1. The molecule has 3 fully saturated rings. The van der Waals surface area contributed by atoms with Gasteiger partial charge in [0.05, 0.1) is 32.9 Å². The Hall–Kier alpha value is -3.04. The number of nitrogens with one attached hydrogen (secondary N) is 2. The molecule has 0 aliphatic carbocycles. The Morgan fingerprint density at radius 2 is 1.97 bits per heavy atom. The first kappa shape index (κ1) is 22.7. The minimum atomic E-state index is 0.206. The van der Waals surface area contributed by atoms with Crippen LogP contribution < -0.4 is 15.0 Å². The molecule has 0 unspecified atom stereocenters. The van der Waals surface area contributed by atoms with E-state index in [9.17, 15) is 4.79 Å². The van der Waals surface area contributed by atoms with Gasteiger partial charge < -0.3 is 25.1 Å². The maximum absolute atomic E-state index is 11.8. The summed E-state index contributed by atoms with van der Waals surface area (Å²) in [6.45, 7) is 7.04. The molecule has 9 heteroatoms. The number of anilines is 3. The van der Waals surface area contributed by atoms with E-state index in [1.165, 1.54) is 24.5 Å². The van der Waals surface area contributed by atoms with Gasteiger partial charge in [-0.25, -0.2) is 0 Å². The van der Waals surface area contributed by atoms with Crippen LogP contribution in [-0.2, 0) is 9.53 Å². The van der Waals surface area contributed by atoms with Crippen LogP contribution in [0, 0.1) is 12.3 Å². The van der Waals surface area contributed by atoms with E-state index < -0.39 is 0 Å². The van der Waals surface area contributed by atoms with Crippen molar-refractivity contribution in [1.82, 2.24) is 14.9 Å². The third-order valence-electron chi connectivity index (χ3n) is 7.19. The first-order valence-electron chi connectivity index (χ1n) is 12.0. The lowest BCUT2D eigenvalue weighted by molar-refractivity contribution is -0.116. The predicted molar refractivity (Wildman–Crippen MR) is 131 cm³/mol. The Morgan fingerprint density at radius 1 is 1.18 bits per heavy atom. The van der Waals surface area contributed by atoms with Crippen molar-refractivity contribution in [1.29, 1.82) is 5.41 Å². The molecule has 2 aromatic rings. The zero-order valence-corrected chi connectivity index (χ0v) is 19.8. The lowest BCUT2D eigenvalue weighted by atomic mass is 9.85. The minimum absolute atomic E-state index is 0.206. The molecule has 3 aliphatic heterocycles. The normalized spacial score (nSPS) is 19.8. The SMILES string of the molecule is COc1nc(Nc2cc(C3CCN(C4COC4)CC3)c(C)cc2C=N)cc(N2CCC(=O)C2)n1. The van der Waals surface area contributed by atoms with Crippen LogP contribution in [0.5, 0.6) is 6.01 Å². The number of ether oxygens (including phenoxy) is 2. The lowest BCUT2D eigenvalue weighted by Crippen LogP contribution is -2.51. The number of benzene rings is 1. The van der Waals surface area contributed by atoms with E-state index in [1.807, 2.05) is 11.0 Å². The summed E-state index contributed by atoms with van der Waals surface area (Å²) in [7, 11) is 1.53. The van der Waals surface area contributed by atoms with E-state index in [0.717, 1.165) is 50.4 Å². The van der Waals surface area contributed by atoms with Gasteiger partial charge in [-0.05, 0) is 62.0 Å². The van der Waals surface area contributed by atoms with Crippen LogP contribution in [0.3, 0.4) is 0 Å². The molecule has 3 aliphatic rings. The summed E-state index contributed by atoms with van der Waals surface area (Å²) in [5.41, 5.74) is 4.19. The van der Waals surface area contributed by atoms with Gasteiger partial charge in [0, 0.05) is 36.5 Å². The number of likely N-dealkylation sites (tertiary alicyclic amines) is 1. The topological polar surface area (TPSA) is 104 Å². The van der Waals surface area contributed by atoms with Gasteiger partial charge in [-0.1, -0.05) is 0 Å². The van der Waals surface area contributed by atoms with Crippen LogP contribution in [-0.4, -0.2) is 79.4 Å². The molecular formula is C25H32N6O3. The minimum Gasteiger partial charge on any atom is -0.467 e. The first-order valence-corrected chi connectivity index (χ1v) is 12.0. The van der Waals surface area contributed by atoms with E-state index in [-0.39, 0.29) is 11.8 Å². The Bertz CT molecular complexity index is 1080. The van der Waals surface area contributed by atoms with Gasteiger partial charge in [0.2, 0.25) is 0 Å². The largest absolute Gasteiger partial charge is 0.467 e. The standard InChI is InChI=1S/C25H32N6O3/c1-16-9-18(12-26)22(10-21(16)17-3-6-30(7-4-17)19-14-34-15-19)27-23-11-24(29-25(28-23)33-2)31-8-5-20(32)13-31/h9-12,17,19,26H,3-8,13-15H2,1-2H3,(H,27,28,29). The van der Waals surface area contributed by atoms with Crippen LogP contribution >= 0.6 is 0 Å². The highest BCUT2D eigenvalue weighted by atomic mass is 16.5. The Morgan fingerprint density at radius 3 is 2.59 bits per heavy atom. The molecule has 0 spiro atoms. The molecule has 180 valence electrons. The molecule has 2 N–H and O–H groups in total. The van der Waals surface area contributed by atoms with Crippen LogP contribution in [0.1, 0.15) is 41.9 Å². The molecule has 0 amide bonds. The fourth-order valence-corrected chi connectivity index (χ4v) is 5.12. The maximum Gasteiger partial charge on any atom is 0.320 e. The highest BCUT2D eigenvalue weighted by Crippen LogP contribution is 2.35. The molecule has 9 nitrogen and oxygen atoms in total. The maximum atomic E-state index is 11.8. The van der Waals surface area contributed by atoms with E-state index in [1.54, 1.807) is 0 Å². The molecule has 1 aromatic carbocycles. The van der Waals surface area contributed by atoms with Gasteiger partial charge >= 0.3 is 6.01 Å². The third-order valence-corrected chi connectivity index (χ3v) is 7.19. The smallest absolute Gasteiger partial charge is 0.320 e. The zero-order chi connectivity index (χ0) is 23.7. The average molecular weight is 465 g/mol. The van der Waals surface area contributed by atoms with Gasteiger partial charge in [-0.3, -0.25) is 9.69 Å². The van der Waals surface area contributed by atoms with Crippen LogP contribution in [0.25, 0.3) is 0 Å². The fraction of sp³-hybridized carbons (Fsp3) is 0.520. The lowest BCUT2D eigenvalue weighted by Gasteiger charge is -2.41. The van der Waals surface area contributed by atoms with E-state index in [2.05, 4.69) is 39.2 Å². The average Bonchev–Trinajstić information content (AvgIpc) is 3.25. The summed E-state index contributed by atoms with van der Waals surface area (Å²) < 4.78 is 10.7. The predicted octanol–water partition coefficient (Wildman–Crippen LogP) is 2.89. The summed E-state index contributed by atoms with van der Waals surface area (Å²) in [6, 6.07) is 6.93. The number of methoxy groups -OCH3 is 1. The molecule has 0 saturated carbocycles. The van der Waals surface area contributed by atoms with Crippen LogP contribution in [0.2, 0.25) is 0 Å². The summed E-state index contributed by atoms with van der Waals surface area (Å²) >= 11 is 0. The summed E-state index contributed by atoms with van der Waals surface area (Å²) in [5.74, 6) is 1.94. The molecule has 34 heavy (non-hydrogen) atoms. The summed E-state index contributed by atoms with van der Waals surface area (Å²) in [4.78, 5) is 25.2. The highest BCUT2D eigenvalue weighted by molar-refractivity contribution is 5.89. The molecule has 0 atom stereocenters. The molecule has 3 saturated heterocycles. The molecule has 4 heterocycles. The molecule has 0 radical (unpaired) electrons. The van der Waals surface area contributed by atoms with Gasteiger partial charge in [0.25, 0.3) is 0 Å². The third kappa shape index (κ3) is 4.63. The Kier molecular flexibility index (Phi) is 6.47. The number of nitrogens with zero attached hydrogens (tertiary/aromatic N) is 4. The van der Waals surface area contributed by atoms with Crippen molar-refractivity contribution in [3.05, 3.63) is 34.9 Å².